The summed E-state index contributed by atoms with van der Waals surface area (Å²) >= 11 is 10.4. The van der Waals surface area contributed by atoms with Gasteiger partial charge >= 0.3 is 0 Å². The fourth-order valence-electron chi connectivity index (χ4n) is 5.17. The van der Waals surface area contributed by atoms with Crippen molar-refractivity contribution in [3.63, 3.8) is 0 Å². The van der Waals surface area contributed by atoms with Crippen LogP contribution in [0, 0.1) is 0 Å². The molecule has 0 saturated heterocycles. The van der Waals surface area contributed by atoms with E-state index in [1.807, 2.05) is 33.3 Å². The minimum atomic E-state index is 0. The first-order valence-corrected chi connectivity index (χ1v) is 30.8. The molecule has 0 radical (unpaired) electrons. The van der Waals surface area contributed by atoms with Crippen LogP contribution in [0.15, 0.2) is 118 Å². The lowest BCUT2D eigenvalue weighted by Crippen LogP contribution is -3.00. The lowest BCUT2D eigenvalue weighted by Gasteiger charge is -2.26. The van der Waals surface area contributed by atoms with Gasteiger partial charge in [-0.2, -0.15) is 0 Å². The molecule has 2 aromatic carbocycles. The molecule has 13 heteroatoms. The summed E-state index contributed by atoms with van der Waals surface area (Å²) in [6.45, 7) is 0. The van der Waals surface area contributed by atoms with Crippen molar-refractivity contribution in [2.45, 2.75) is 0 Å². The van der Waals surface area contributed by atoms with Gasteiger partial charge in [-0.05, 0) is 70.8 Å². The van der Waals surface area contributed by atoms with Crippen molar-refractivity contribution in [2.24, 2.45) is 0 Å². The molecule has 0 amide bonds. The molecule has 0 spiro atoms. The lowest BCUT2D eigenvalue weighted by molar-refractivity contribution is -0.462. The topological polar surface area (TPSA) is 12.5 Å². The maximum absolute atomic E-state index is 2.28. The zero-order valence-electron chi connectivity index (χ0n) is 29.2. The van der Waals surface area contributed by atoms with Gasteiger partial charge in [-0.1, -0.05) is 45.9 Å². The van der Waals surface area contributed by atoms with E-state index in [1.165, 1.54) is 66.0 Å². The van der Waals surface area contributed by atoms with Crippen LogP contribution in [0.25, 0.3) is 11.1 Å². The summed E-state index contributed by atoms with van der Waals surface area (Å²) in [5.41, 5.74) is 12.2. The molecule has 1 aliphatic heterocycles. The van der Waals surface area contributed by atoms with Crippen LogP contribution in [-0.4, -0.2) is 82.0 Å². The van der Waals surface area contributed by atoms with Gasteiger partial charge < -0.3 is 57.8 Å². The Labute approximate surface area is 393 Å². The smallest absolute Gasteiger partial charge is 0.199 e. The summed E-state index contributed by atoms with van der Waals surface area (Å²) in [6.07, 6.45) is 18.0. The third kappa shape index (κ3) is 13.3. The van der Waals surface area contributed by atoms with Crippen LogP contribution in [0.5, 0.6) is 0 Å². The third-order valence-electron chi connectivity index (χ3n) is 7.74. The normalized spacial score (nSPS) is 14.4. The van der Waals surface area contributed by atoms with E-state index in [0.29, 0.717) is 0 Å². The van der Waals surface area contributed by atoms with Crippen molar-refractivity contribution >= 4 is 142 Å². The van der Waals surface area contributed by atoms with Gasteiger partial charge in [0.05, 0.1) is 5.08 Å². The van der Waals surface area contributed by atoms with Gasteiger partial charge in [-0.25, -0.2) is 9.15 Å². The molecule has 2 aromatic rings. The Morgan fingerprint density at radius 1 is 0.540 bits per heavy atom. The van der Waals surface area contributed by atoms with Crippen LogP contribution < -0.4 is 57.8 Å². The highest BCUT2D eigenvalue weighted by Gasteiger charge is 2.27. The number of halogens is 6. The molecule has 1 heterocycles. The van der Waals surface area contributed by atoms with Crippen molar-refractivity contribution in [1.82, 2.24) is 0 Å². The first-order valence-electron chi connectivity index (χ1n) is 14.9. The van der Waals surface area contributed by atoms with Gasteiger partial charge in [0.25, 0.3) is 0 Å². The number of hydrogen-bond acceptors (Lipinski definition) is 5. The average molecular weight is 1400 g/mol. The molecule has 0 aromatic heterocycles. The average Bonchev–Trinajstić information content (AvgIpc) is 3.12. The number of rotatable bonds is 6. The second-order valence-electron chi connectivity index (χ2n) is 11.6. The molecule has 5 rings (SSSR count). The van der Waals surface area contributed by atoms with E-state index in [0.717, 1.165) is 5.08 Å². The third-order valence-corrected chi connectivity index (χ3v) is 11.8. The number of benzene rings is 2. The summed E-state index contributed by atoms with van der Waals surface area (Å²) < 4.78 is 4.31. The Bertz CT molecular complexity index is 1560. The summed E-state index contributed by atoms with van der Waals surface area (Å²) in [7, 11) is 20.6. The Morgan fingerprint density at radius 2 is 0.880 bits per heavy atom. The molecule has 4 nitrogen and oxygen atoms in total. The summed E-state index contributed by atoms with van der Waals surface area (Å²) in [6, 6.07) is 18.0. The standard InChI is InChI=1S/C37H42N4S3.2I2.2HI/c1-38(2)30-17-9-26(10-18-30)34(27-11-19-31(20-12-27)39(3)4)36-37(44-43-25-42-36)35(28-13-21-32(22-14-28)40(5)6)29-15-23-33(24-16-29)41(7)8;2*1-2;;/h9-24H,25H2,1-8H3;;;2*1H/q+2;;;;/p-2. The Kier molecular flexibility index (Phi) is 24.7. The van der Waals surface area contributed by atoms with E-state index in [-0.39, 0.29) is 48.0 Å². The number of allylic oxidation sites excluding steroid dienone is 12. The molecule has 3 aliphatic rings. The largest absolute Gasteiger partial charge is 1.00 e. The molecular formula is C37H42I6N4S3. The predicted octanol–water partition coefficient (Wildman–Crippen LogP) is 5.55. The second-order valence-corrected chi connectivity index (χ2v) is 15.3. The SMILES string of the molecule is CN(C)c1ccc(C(=C2C=CC(=[N+](C)C)C=C2)C2=C(C(=C3C=CC(=[N+](C)C)C=C3)c3ccc(N(C)C)cc3)SSCS2)cc1.II.II.[I-].[I-]. The summed E-state index contributed by atoms with van der Waals surface area (Å²) in [4.78, 5) is 6.95. The molecule has 0 N–H and O–H groups in total. The Hall–Kier alpha value is 0.990. The van der Waals surface area contributed by atoms with E-state index in [2.05, 4.69) is 247 Å². The summed E-state index contributed by atoms with van der Waals surface area (Å²) in [5.74, 6) is 0. The highest BCUT2D eigenvalue weighted by atomic mass is 128. The minimum absolute atomic E-state index is 0. The number of anilines is 2. The Morgan fingerprint density at radius 3 is 1.20 bits per heavy atom. The quantitative estimate of drug-likeness (QED) is 0.213. The van der Waals surface area contributed by atoms with Crippen molar-refractivity contribution in [3.8, 4) is 0 Å². The van der Waals surface area contributed by atoms with Crippen LogP contribution in [0.1, 0.15) is 11.1 Å². The number of nitrogens with zero attached hydrogens (tertiary/aromatic N) is 4. The highest BCUT2D eigenvalue weighted by molar-refractivity contribution is 15.0. The number of hydrogen-bond donors (Lipinski definition) is 0. The van der Waals surface area contributed by atoms with Gasteiger partial charge in [-0.15, -0.1) is 11.8 Å². The molecule has 0 saturated carbocycles. The maximum Gasteiger partial charge on any atom is 0.199 e. The molecule has 2 aliphatic carbocycles. The van der Waals surface area contributed by atoms with E-state index >= 15 is 0 Å². The predicted molar refractivity (Wildman–Crippen MR) is 257 cm³/mol. The van der Waals surface area contributed by atoms with Gasteiger partial charge in [0, 0.05) is 159 Å². The van der Waals surface area contributed by atoms with Gasteiger partial charge in [0.1, 0.15) is 28.2 Å². The maximum atomic E-state index is 2.28. The van der Waals surface area contributed by atoms with Gasteiger partial charge in [-0.3, -0.25) is 0 Å². The highest BCUT2D eigenvalue weighted by Crippen LogP contribution is 2.55. The van der Waals surface area contributed by atoms with Crippen LogP contribution in [-0.2, 0) is 0 Å². The van der Waals surface area contributed by atoms with E-state index in [4.69, 9.17) is 0 Å². The monoisotopic (exact) mass is 1400 g/mol. The van der Waals surface area contributed by atoms with E-state index < -0.39 is 0 Å². The van der Waals surface area contributed by atoms with Crippen LogP contribution >= 0.6 is 108 Å². The Balaban J connectivity index is 0.00000201. The zero-order valence-corrected chi connectivity index (χ0v) is 44.6. The van der Waals surface area contributed by atoms with Crippen molar-refractivity contribution in [2.75, 3.05) is 71.3 Å². The van der Waals surface area contributed by atoms with Crippen LogP contribution in [0.2, 0.25) is 0 Å². The molecular weight excluding hydrogens is 1360 g/mol. The molecule has 0 unspecified atom stereocenters. The van der Waals surface area contributed by atoms with Crippen molar-refractivity contribution in [1.29, 1.82) is 0 Å². The molecule has 270 valence electrons. The van der Waals surface area contributed by atoms with Crippen molar-refractivity contribution in [3.05, 3.63) is 129 Å². The first kappa shape index (κ1) is 49.0. The molecule has 0 fully saturated rings. The zero-order chi connectivity index (χ0) is 35.4. The van der Waals surface area contributed by atoms with Crippen LogP contribution in [0.4, 0.5) is 11.4 Å². The van der Waals surface area contributed by atoms with Crippen molar-refractivity contribution < 1.29 is 57.1 Å². The van der Waals surface area contributed by atoms with E-state index in [1.54, 1.807) is 0 Å². The summed E-state index contributed by atoms with van der Waals surface area (Å²) in [5, 5.41) is 0.991. The molecule has 50 heavy (non-hydrogen) atoms. The molecule has 0 atom stereocenters. The second kappa shape index (κ2) is 25.2. The van der Waals surface area contributed by atoms with Gasteiger partial charge in [0.15, 0.2) is 11.4 Å². The fraction of sp³-hybridized carbons (Fsp3) is 0.243. The fourth-order valence-corrected chi connectivity index (χ4v) is 9.44. The molecule has 0 bridgehead atoms. The number of thioether (sulfide) groups is 1. The van der Waals surface area contributed by atoms with E-state index in [9.17, 15) is 0 Å². The minimum Gasteiger partial charge on any atom is -1.00 e. The van der Waals surface area contributed by atoms with Gasteiger partial charge in [0.2, 0.25) is 0 Å². The van der Waals surface area contributed by atoms with Crippen LogP contribution in [0.3, 0.4) is 0 Å². The lowest BCUT2D eigenvalue weighted by atomic mass is 9.91. The first-order chi connectivity index (χ1) is 23.1.